The lowest BCUT2D eigenvalue weighted by Gasteiger charge is -2.13. The number of esters is 1. The van der Waals surface area contributed by atoms with Crippen LogP contribution in [0.2, 0.25) is 0 Å². The third-order valence-electron chi connectivity index (χ3n) is 5.48. The lowest BCUT2D eigenvalue weighted by Crippen LogP contribution is -2.27. The van der Waals surface area contributed by atoms with Crippen molar-refractivity contribution >= 4 is 34.9 Å². The second kappa shape index (κ2) is 10.9. The second-order valence-electron chi connectivity index (χ2n) is 7.83. The summed E-state index contributed by atoms with van der Waals surface area (Å²) in [6.45, 7) is 0.131. The average Bonchev–Trinajstić information content (AvgIpc) is 2.92. The van der Waals surface area contributed by atoms with E-state index >= 15 is 0 Å². The van der Waals surface area contributed by atoms with E-state index < -0.39 is 5.97 Å². The summed E-state index contributed by atoms with van der Waals surface area (Å²) in [7, 11) is 1.29. The molecule has 0 radical (unpaired) electrons. The van der Waals surface area contributed by atoms with Gasteiger partial charge in [0.25, 0.3) is 11.5 Å². The smallest absolute Gasteiger partial charge is 0.307 e. The minimum absolute atomic E-state index is 0.0558. The number of fused-ring (bicyclic) bond motifs is 1. The van der Waals surface area contributed by atoms with E-state index in [1.807, 2.05) is 6.07 Å². The number of nitrogens with zero attached hydrogens (tertiary/aromatic N) is 3. The third kappa shape index (κ3) is 5.37. The number of amides is 1. The van der Waals surface area contributed by atoms with Gasteiger partial charge in [0.05, 0.1) is 41.8 Å². The van der Waals surface area contributed by atoms with E-state index in [1.165, 1.54) is 11.7 Å². The number of rotatable bonds is 7. The molecule has 0 saturated carbocycles. The summed E-state index contributed by atoms with van der Waals surface area (Å²) < 4.78 is 6.04. The Bertz CT molecular complexity index is 1560. The van der Waals surface area contributed by atoms with Crippen LogP contribution < -0.4 is 10.9 Å². The quantitative estimate of drug-likeness (QED) is 0.405. The maximum Gasteiger partial charge on any atom is 0.307 e. The van der Waals surface area contributed by atoms with Gasteiger partial charge in [-0.25, -0.2) is 4.98 Å². The van der Waals surface area contributed by atoms with Gasteiger partial charge in [0, 0.05) is 12.1 Å². The van der Waals surface area contributed by atoms with E-state index in [4.69, 9.17) is 5.26 Å². The van der Waals surface area contributed by atoms with Crippen LogP contribution in [0, 0.1) is 11.3 Å². The molecule has 178 valence electrons. The number of nitrogens with one attached hydrogen (secondary N) is 1. The van der Waals surface area contributed by atoms with Gasteiger partial charge in [-0.3, -0.25) is 19.0 Å². The Labute approximate surface area is 207 Å². The molecule has 0 fully saturated rings. The van der Waals surface area contributed by atoms with Crippen molar-refractivity contribution in [1.82, 2.24) is 14.9 Å². The molecule has 0 unspecified atom stereocenters. The number of nitriles is 1. The molecule has 0 aliphatic rings. The summed E-state index contributed by atoms with van der Waals surface area (Å²) in [5.74, 6) is -0.417. The van der Waals surface area contributed by atoms with Crippen molar-refractivity contribution in [2.45, 2.75) is 6.42 Å². The van der Waals surface area contributed by atoms with Gasteiger partial charge in [-0.05, 0) is 54.1 Å². The van der Waals surface area contributed by atoms with E-state index in [0.29, 0.717) is 33.5 Å². The maximum atomic E-state index is 13.5. The lowest BCUT2D eigenvalue weighted by molar-refractivity contribution is -0.140. The van der Waals surface area contributed by atoms with Crippen molar-refractivity contribution in [2.24, 2.45) is 0 Å². The van der Waals surface area contributed by atoms with Gasteiger partial charge >= 0.3 is 5.97 Å². The highest BCUT2D eigenvalue weighted by Gasteiger charge is 2.13. The molecule has 36 heavy (non-hydrogen) atoms. The highest BCUT2D eigenvalue weighted by Crippen LogP contribution is 2.17. The zero-order valence-electron chi connectivity index (χ0n) is 19.5. The van der Waals surface area contributed by atoms with E-state index in [2.05, 4.69) is 21.1 Å². The van der Waals surface area contributed by atoms with E-state index in [0.717, 1.165) is 5.56 Å². The molecule has 1 N–H and O–H groups in total. The first kappa shape index (κ1) is 24.1. The largest absolute Gasteiger partial charge is 0.469 e. The summed E-state index contributed by atoms with van der Waals surface area (Å²) in [4.78, 5) is 42.1. The number of aromatic nitrogens is 2. The van der Waals surface area contributed by atoms with Crippen molar-refractivity contribution in [3.63, 3.8) is 0 Å². The molecule has 0 aliphatic heterocycles. The topological polar surface area (TPSA) is 114 Å². The molecule has 0 spiro atoms. The first-order chi connectivity index (χ1) is 17.5. The Hall–Kier alpha value is -5.03. The number of benzene rings is 3. The zero-order chi connectivity index (χ0) is 25.5. The first-order valence-electron chi connectivity index (χ1n) is 11.2. The van der Waals surface area contributed by atoms with Crippen LogP contribution in [0.5, 0.6) is 0 Å². The van der Waals surface area contributed by atoms with E-state index in [1.54, 1.807) is 78.9 Å². The van der Waals surface area contributed by atoms with Crippen LogP contribution >= 0.6 is 0 Å². The predicted octanol–water partition coefficient (Wildman–Crippen LogP) is 3.72. The molecule has 4 aromatic rings. The van der Waals surface area contributed by atoms with Gasteiger partial charge in [0.15, 0.2) is 0 Å². The van der Waals surface area contributed by atoms with Crippen LogP contribution in [0.1, 0.15) is 33.7 Å². The molecule has 1 aromatic heterocycles. The maximum absolute atomic E-state index is 13.5. The van der Waals surface area contributed by atoms with Gasteiger partial charge in [-0.1, -0.05) is 36.4 Å². The summed E-state index contributed by atoms with van der Waals surface area (Å²) >= 11 is 0. The highest BCUT2D eigenvalue weighted by atomic mass is 16.5. The van der Waals surface area contributed by atoms with Crippen molar-refractivity contribution < 1.29 is 14.3 Å². The lowest BCUT2D eigenvalue weighted by atomic mass is 10.1. The van der Waals surface area contributed by atoms with Gasteiger partial charge in [-0.15, -0.1) is 0 Å². The number of hydrogen-bond donors (Lipinski definition) is 1. The fraction of sp³-hybridized carbons (Fsp3) is 0.107. The summed E-state index contributed by atoms with van der Waals surface area (Å²) in [6.07, 6.45) is 3.58. The average molecular weight is 479 g/mol. The molecule has 0 saturated heterocycles. The number of ether oxygens (including phenoxy) is 1. The van der Waals surface area contributed by atoms with Gasteiger partial charge < -0.3 is 10.1 Å². The van der Waals surface area contributed by atoms with Crippen molar-refractivity contribution in [3.05, 3.63) is 106 Å². The minimum Gasteiger partial charge on any atom is -0.469 e. The van der Waals surface area contributed by atoms with Crippen LogP contribution in [-0.2, 0) is 9.53 Å². The molecule has 1 heterocycles. The molecule has 8 heteroatoms. The molecule has 0 aliphatic carbocycles. The van der Waals surface area contributed by atoms with Gasteiger partial charge in [0.2, 0.25) is 0 Å². The van der Waals surface area contributed by atoms with E-state index in [9.17, 15) is 14.4 Å². The van der Waals surface area contributed by atoms with Gasteiger partial charge in [0.1, 0.15) is 5.82 Å². The van der Waals surface area contributed by atoms with Crippen molar-refractivity contribution in [1.29, 1.82) is 5.26 Å². The summed E-state index contributed by atoms with van der Waals surface area (Å²) in [5.41, 5.74) is 2.47. The fourth-order valence-electron chi connectivity index (χ4n) is 3.62. The Kier molecular flexibility index (Phi) is 7.32. The Morgan fingerprint density at radius 3 is 2.58 bits per heavy atom. The third-order valence-corrected chi connectivity index (χ3v) is 5.48. The van der Waals surface area contributed by atoms with Crippen LogP contribution in [0.3, 0.4) is 0 Å². The number of para-hydroxylation sites is 1. The number of carbonyl (C=O) groups excluding carboxylic acids is 2. The molecular formula is C28H22N4O4. The molecule has 1 amide bonds. The highest BCUT2D eigenvalue weighted by molar-refractivity contribution is 5.95. The zero-order valence-corrected chi connectivity index (χ0v) is 19.5. The first-order valence-corrected chi connectivity index (χ1v) is 11.2. The Morgan fingerprint density at radius 1 is 1.06 bits per heavy atom. The van der Waals surface area contributed by atoms with Gasteiger partial charge in [-0.2, -0.15) is 5.26 Å². The van der Waals surface area contributed by atoms with E-state index in [-0.39, 0.29) is 24.4 Å². The minimum atomic E-state index is -0.420. The number of hydrogen-bond acceptors (Lipinski definition) is 6. The fourth-order valence-corrected chi connectivity index (χ4v) is 3.62. The summed E-state index contributed by atoms with van der Waals surface area (Å²) in [5, 5.41) is 12.1. The number of methoxy groups -OCH3 is 1. The van der Waals surface area contributed by atoms with Crippen LogP contribution in [0.15, 0.2) is 77.6 Å². The van der Waals surface area contributed by atoms with Crippen molar-refractivity contribution in [2.75, 3.05) is 13.7 Å². The van der Waals surface area contributed by atoms with Crippen molar-refractivity contribution in [3.8, 4) is 11.8 Å². The predicted molar refractivity (Wildman–Crippen MR) is 136 cm³/mol. The van der Waals surface area contributed by atoms with Crippen LogP contribution in [0.4, 0.5) is 0 Å². The monoisotopic (exact) mass is 478 g/mol. The second-order valence-corrected chi connectivity index (χ2v) is 7.83. The SMILES string of the molecule is COC(=O)CCNC(=O)c1cccc(-n2c(/C=C/c3ccc(C#N)cc3)nc3ccccc3c2=O)c1. The number of carbonyl (C=O) groups is 2. The standard InChI is InChI=1S/C28H22N4O4/c1-36-26(33)15-16-30-27(34)21-5-4-6-22(17-21)32-25(14-13-19-9-11-20(18-29)12-10-19)31-24-8-3-2-7-23(24)28(32)35/h2-14,17H,15-16H2,1H3,(H,30,34)/b14-13+. The molecule has 0 bridgehead atoms. The molecule has 4 rings (SSSR count). The normalized spacial score (nSPS) is 10.8. The van der Waals surface area contributed by atoms with Crippen LogP contribution in [0.25, 0.3) is 28.7 Å². The van der Waals surface area contributed by atoms with Crippen LogP contribution in [-0.4, -0.2) is 35.1 Å². The Balaban J connectivity index is 1.74. The molecular weight excluding hydrogens is 456 g/mol. The molecule has 8 nitrogen and oxygen atoms in total. The molecule has 3 aromatic carbocycles. The Morgan fingerprint density at radius 2 is 1.83 bits per heavy atom. The molecule has 0 atom stereocenters. The summed E-state index contributed by atoms with van der Waals surface area (Å²) in [6, 6.07) is 22.8.